The number of anilines is 1. The molecule has 0 aliphatic carbocycles. The lowest BCUT2D eigenvalue weighted by molar-refractivity contribution is 1.10. The quantitative estimate of drug-likeness (QED) is 0.547. The first kappa shape index (κ1) is 4.79. The maximum Gasteiger partial charge on any atom is 0.129 e. The summed E-state index contributed by atoms with van der Waals surface area (Å²) in [5.41, 5.74) is 1.22. The van der Waals surface area contributed by atoms with E-state index in [0.29, 0.717) is 0 Å². The molecule has 1 aromatic heterocycles. The first-order chi connectivity index (χ1) is 4.47. The van der Waals surface area contributed by atoms with Gasteiger partial charge in [-0.15, -0.1) is 0 Å². The van der Waals surface area contributed by atoms with Crippen LogP contribution in [0.15, 0.2) is 12.3 Å². The average molecular weight is 119 g/mol. The minimum absolute atomic E-state index is 1.01. The van der Waals surface area contributed by atoms with E-state index in [1.807, 2.05) is 6.07 Å². The molecule has 1 aliphatic heterocycles. The van der Waals surface area contributed by atoms with Crippen molar-refractivity contribution in [3.05, 3.63) is 23.9 Å². The van der Waals surface area contributed by atoms with Gasteiger partial charge < -0.3 is 5.32 Å². The van der Waals surface area contributed by atoms with Crippen LogP contribution in [0.2, 0.25) is 0 Å². The molecule has 0 amide bonds. The van der Waals surface area contributed by atoms with Crippen LogP contribution in [0, 0.1) is 6.07 Å². The number of hydrogen-bond donors (Lipinski definition) is 1. The van der Waals surface area contributed by atoms with Crippen LogP contribution in [-0.2, 0) is 6.42 Å². The van der Waals surface area contributed by atoms with Crippen molar-refractivity contribution in [2.45, 2.75) is 6.42 Å². The second-order valence-electron chi connectivity index (χ2n) is 2.09. The molecule has 2 heteroatoms. The fourth-order valence-electron chi connectivity index (χ4n) is 1.04. The molecule has 0 fully saturated rings. The Labute approximate surface area is 53.9 Å². The van der Waals surface area contributed by atoms with Gasteiger partial charge in [-0.3, -0.25) is 0 Å². The Balaban J connectivity index is 2.54. The number of aromatic nitrogens is 1. The maximum absolute atomic E-state index is 4.12. The van der Waals surface area contributed by atoms with Gasteiger partial charge in [0.05, 0.1) is 0 Å². The van der Waals surface area contributed by atoms with Crippen molar-refractivity contribution in [3.8, 4) is 0 Å². The molecule has 45 valence electrons. The molecule has 0 bridgehead atoms. The fraction of sp³-hybridized carbons (Fsp3) is 0.286. The van der Waals surface area contributed by atoms with Crippen molar-refractivity contribution in [1.82, 2.24) is 4.98 Å². The molecule has 9 heavy (non-hydrogen) atoms. The summed E-state index contributed by atoms with van der Waals surface area (Å²) in [5, 5.41) is 3.16. The first-order valence-corrected chi connectivity index (χ1v) is 3.06. The second-order valence-corrected chi connectivity index (χ2v) is 2.09. The fourth-order valence-corrected chi connectivity index (χ4v) is 1.04. The van der Waals surface area contributed by atoms with Crippen LogP contribution >= 0.6 is 0 Å². The lowest BCUT2D eigenvalue weighted by Gasteiger charge is -1.92. The summed E-state index contributed by atoms with van der Waals surface area (Å²) in [7, 11) is 0. The summed E-state index contributed by atoms with van der Waals surface area (Å²) in [5.74, 6) is 1.01. The van der Waals surface area contributed by atoms with Crippen LogP contribution in [0.3, 0.4) is 0 Å². The van der Waals surface area contributed by atoms with E-state index in [4.69, 9.17) is 0 Å². The van der Waals surface area contributed by atoms with Gasteiger partial charge in [-0.1, -0.05) is 0 Å². The van der Waals surface area contributed by atoms with E-state index in [2.05, 4.69) is 16.4 Å². The smallest absolute Gasteiger partial charge is 0.129 e. The van der Waals surface area contributed by atoms with E-state index in [0.717, 1.165) is 18.8 Å². The van der Waals surface area contributed by atoms with Crippen LogP contribution in [0.25, 0.3) is 0 Å². The Hall–Kier alpha value is -1.05. The molecule has 2 nitrogen and oxygen atoms in total. The third-order valence-electron chi connectivity index (χ3n) is 1.49. The Kier molecular flexibility index (Phi) is 0.918. The third kappa shape index (κ3) is 0.669. The number of nitrogens with one attached hydrogen (secondary N) is 1. The Morgan fingerprint density at radius 1 is 1.67 bits per heavy atom. The zero-order valence-electron chi connectivity index (χ0n) is 5.02. The minimum Gasteiger partial charge on any atom is -0.369 e. The predicted octanol–water partition coefficient (Wildman–Crippen LogP) is 0.850. The van der Waals surface area contributed by atoms with Gasteiger partial charge in [0, 0.05) is 18.3 Å². The largest absolute Gasteiger partial charge is 0.369 e. The van der Waals surface area contributed by atoms with Crippen LogP contribution in [-0.4, -0.2) is 11.5 Å². The Bertz CT molecular complexity index is 197. The highest BCUT2D eigenvalue weighted by Crippen LogP contribution is 2.16. The van der Waals surface area contributed by atoms with Crippen molar-refractivity contribution in [3.63, 3.8) is 0 Å². The van der Waals surface area contributed by atoms with Crippen molar-refractivity contribution in [2.24, 2.45) is 0 Å². The molecule has 2 rings (SSSR count). The number of pyridine rings is 1. The number of rotatable bonds is 0. The molecule has 1 aromatic rings. The van der Waals surface area contributed by atoms with E-state index >= 15 is 0 Å². The van der Waals surface area contributed by atoms with Crippen LogP contribution in [0.4, 0.5) is 5.82 Å². The average Bonchev–Trinajstić information content (AvgIpc) is 2.33. The van der Waals surface area contributed by atoms with E-state index in [1.54, 1.807) is 6.20 Å². The lowest BCUT2D eigenvalue weighted by atomic mass is 10.2. The summed E-state index contributed by atoms with van der Waals surface area (Å²) >= 11 is 0. The molecule has 0 unspecified atom stereocenters. The molecule has 0 aromatic carbocycles. The van der Waals surface area contributed by atoms with Gasteiger partial charge in [-0.2, -0.15) is 0 Å². The Morgan fingerprint density at radius 3 is 3.56 bits per heavy atom. The van der Waals surface area contributed by atoms with Crippen molar-refractivity contribution in [2.75, 3.05) is 11.9 Å². The van der Waals surface area contributed by atoms with E-state index < -0.39 is 0 Å². The van der Waals surface area contributed by atoms with Crippen molar-refractivity contribution in [1.29, 1.82) is 0 Å². The summed E-state index contributed by atoms with van der Waals surface area (Å²) in [6.07, 6.45) is 2.83. The number of hydrogen-bond acceptors (Lipinski definition) is 2. The molecule has 0 saturated heterocycles. The first-order valence-electron chi connectivity index (χ1n) is 3.06. The van der Waals surface area contributed by atoms with E-state index in [9.17, 15) is 0 Å². The summed E-state index contributed by atoms with van der Waals surface area (Å²) in [6.45, 7) is 1.02. The van der Waals surface area contributed by atoms with Gasteiger partial charge >= 0.3 is 0 Å². The molecule has 1 aliphatic rings. The van der Waals surface area contributed by atoms with Crippen molar-refractivity contribution >= 4 is 5.82 Å². The Morgan fingerprint density at radius 2 is 2.67 bits per heavy atom. The van der Waals surface area contributed by atoms with E-state index in [-0.39, 0.29) is 0 Å². The standard InChI is InChI=1S/C7H7N2/c1-2-6-3-5-9-7(6)8-4-1/h1,4H,3,5H2,(H,8,9). The van der Waals surface area contributed by atoms with Crippen LogP contribution in [0.5, 0.6) is 0 Å². The van der Waals surface area contributed by atoms with E-state index in [1.165, 1.54) is 5.56 Å². The normalized spacial score (nSPS) is 14.7. The lowest BCUT2D eigenvalue weighted by Crippen LogP contribution is -1.92. The van der Waals surface area contributed by atoms with Crippen LogP contribution in [0.1, 0.15) is 5.56 Å². The van der Waals surface area contributed by atoms with Gasteiger partial charge in [0.15, 0.2) is 0 Å². The highest BCUT2D eigenvalue weighted by molar-refractivity contribution is 5.47. The number of fused-ring (bicyclic) bond motifs is 1. The van der Waals surface area contributed by atoms with Gasteiger partial charge in [-0.05, 0) is 18.6 Å². The molecule has 0 saturated carbocycles. The summed E-state index contributed by atoms with van der Waals surface area (Å²) < 4.78 is 0. The molecule has 0 spiro atoms. The highest BCUT2D eigenvalue weighted by atomic mass is 15.0. The third-order valence-corrected chi connectivity index (χ3v) is 1.49. The molecular weight excluding hydrogens is 112 g/mol. The summed E-state index contributed by atoms with van der Waals surface area (Å²) in [6, 6.07) is 4.98. The topological polar surface area (TPSA) is 24.9 Å². The maximum atomic E-state index is 4.12. The van der Waals surface area contributed by atoms with Gasteiger partial charge in [0.2, 0.25) is 0 Å². The molecule has 1 N–H and O–H groups in total. The predicted molar refractivity (Wildman–Crippen MR) is 35.3 cm³/mol. The minimum atomic E-state index is 1.01. The highest BCUT2D eigenvalue weighted by Gasteiger charge is 2.08. The molecule has 0 atom stereocenters. The molecule has 2 heterocycles. The number of nitrogens with zero attached hydrogens (tertiary/aromatic N) is 1. The van der Waals surface area contributed by atoms with Gasteiger partial charge in [0.25, 0.3) is 0 Å². The van der Waals surface area contributed by atoms with Gasteiger partial charge in [0.1, 0.15) is 5.82 Å². The molecular formula is C7H7N2. The SMILES string of the molecule is [c]1ccnc2c1CCN2. The molecule has 1 radical (unpaired) electrons. The van der Waals surface area contributed by atoms with Gasteiger partial charge in [-0.25, -0.2) is 4.98 Å². The second kappa shape index (κ2) is 1.72. The summed E-state index contributed by atoms with van der Waals surface area (Å²) in [4.78, 5) is 4.12. The zero-order valence-corrected chi connectivity index (χ0v) is 5.02. The zero-order chi connectivity index (χ0) is 6.10. The van der Waals surface area contributed by atoms with Crippen LogP contribution < -0.4 is 5.32 Å². The van der Waals surface area contributed by atoms with Crippen molar-refractivity contribution < 1.29 is 0 Å². The monoisotopic (exact) mass is 119 g/mol.